The van der Waals surface area contributed by atoms with Gasteiger partial charge in [0.15, 0.2) is 0 Å². The molecular weight excluding hydrogens is 246 g/mol. The molecule has 0 saturated heterocycles. The van der Waals surface area contributed by atoms with Crippen molar-refractivity contribution < 1.29 is 4.74 Å². The Morgan fingerprint density at radius 3 is 2.95 bits per heavy atom. The van der Waals surface area contributed by atoms with E-state index in [9.17, 15) is 0 Å². The van der Waals surface area contributed by atoms with Gasteiger partial charge in [0.25, 0.3) is 0 Å². The second-order valence-corrected chi connectivity index (χ2v) is 6.42. The standard InChI is InChI=1S/C18H27NO/c1-2-19-16-8-4-3-7-14(12-16)11-15-13-20-18-10-6-5-9-17(15)18/h5-6,9-10,14-16,19H,2-4,7-8,11-13H2,1H3. The van der Waals surface area contributed by atoms with Crippen LogP contribution in [0.1, 0.15) is 56.9 Å². The van der Waals surface area contributed by atoms with Crippen molar-refractivity contribution in [2.45, 2.75) is 57.4 Å². The Morgan fingerprint density at radius 1 is 1.20 bits per heavy atom. The summed E-state index contributed by atoms with van der Waals surface area (Å²) in [6, 6.07) is 9.34. The van der Waals surface area contributed by atoms with Crippen LogP contribution in [0, 0.1) is 5.92 Å². The molecule has 3 atom stereocenters. The average molecular weight is 273 g/mol. The molecule has 1 aliphatic heterocycles. The third-order valence-corrected chi connectivity index (χ3v) is 4.94. The van der Waals surface area contributed by atoms with Crippen LogP contribution in [0.2, 0.25) is 0 Å². The lowest BCUT2D eigenvalue weighted by Gasteiger charge is -2.22. The molecule has 0 spiro atoms. The van der Waals surface area contributed by atoms with E-state index in [-0.39, 0.29) is 0 Å². The van der Waals surface area contributed by atoms with Crippen LogP contribution in [0.3, 0.4) is 0 Å². The zero-order valence-electron chi connectivity index (χ0n) is 12.6. The van der Waals surface area contributed by atoms with Gasteiger partial charge in [0, 0.05) is 17.5 Å². The van der Waals surface area contributed by atoms with Gasteiger partial charge in [-0.2, -0.15) is 0 Å². The molecule has 0 amide bonds. The summed E-state index contributed by atoms with van der Waals surface area (Å²) in [6.45, 7) is 4.22. The lowest BCUT2D eigenvalue weighted by molar-refractivity contribution is 0.288. The molecule has 20 heavy (non-hydrogen) atoms. The normalized spacial score (nSPS) is 29.6. The molecule has 3 rings (SSSR count). The Morgan fingerprint density at radius 2 is 2.05 bits per heavy atom. The minimum atomic E-state index is 0.622. The molecule has 110 valence electrons. The van der Waals surface area contributed by atoms with Gasteiger partial charge in [-0.15, -0.1) is 0 Å². The van der Waals surface area contributed by atoms with Crippen LogP contribution < -0.4 is 10.1 Å². The average Bonchev–Trinajstić information content (AvgIpc) is 2.73. The van der Waals surface area contributed by atoms with Crippen LogP contribution in [0.15, 0.2) is 24.3 Å². The molecule has 0 bridgehead atoms. The molecule has 3 unspecified atom stereocenters. The Bertz CT molecular complexity index is 431. The first-order valence-corrected chi connectivity index (χ1v) is 8.32. The quantitative estimate of drug-likeness (QED) is 0.834. The van der Waals surface area contributed by atoms with Crippen molar-refractivity contribution in [2.75, 3.05) is 13.2 Å². The number of benzene rings is 1. The van der Waals surface area contributed by atoms with Crippen LogP contribution >= 0.6 is 0 Å². The van der Waals surface area contributed by atoms with E-state index in [4.69, 9.17) is 4.74 Å². The van der Waals surface area contributed by atoms with Crippen molar-refractivity contribution in [1.82, 2.24) is 5.32 Å². The lowest BCUT2D eigenvalue weighted by atomic mass is 9.85. The highest BCUT2D eigenvalue weighted by Crippen LogP contribution is 2.39. The van der Waals surface area contributed by atoms with Crippen LogP contribution in [0.25, 0.3) is 0 Å². The number of ether oxygens (including phenoxy) is 1. The predicted octanol–water partition coefficient (Wildman–Crippen LogP) is 4.11. The number of hydrogen-bond donors (Lipinski definition) is 1. The molecule has 1 aliphatic carbocycles. The first kappa shape index (κ1) is 13.9. The molecule has 1 aromatic rings. The van der Waals surface area contributed by atoms with Gasteiger partial charge >= 0.3 is 0 Å². The second kappa shape index (κ2) is 6.62. The van der Waals surface area contributed by atoms with E-state index in [0.717, 1.165) is 30.9 Å². The highest BCUT2D eigenvalue weighted by molar-refractivity contribution is 5.39. The number of fused-ring (bicyclic) bond motifs is 1. The van der Waals surface area contributed by atoms with Crippen molar-refractivity contribution in [1.29, 1.82) is 0 Å². The summed E-state index contributed by atoms with van der Waals surface area (Å²) in [7, 11) is 0. The third-order valence-electron chi connectivity index (χ3n) is 4.94. The summed E-state index contributed by atoms with van der Waals surface area (Å²) in [6.07, 6.45) is 8.22. The predicted molar refractivity (Wildman–Crippen MR) is 83.3 cm³/mol. The molecule has 2 nitrogen and oxygen atoms in total. The first-order chi connectivity index (χ1) is 9.86. The Hall–Kier alpha value is -1.02. The van der Waals surface area contributed by atoms with E-state index in [1.165, 1.54) is 44.1 Å². The third kappa shape index (κ3) is 3.17. The van der Waals surface area contributed by atoms with Crippen LogP contribution in [-0.4, -0.2) is 19.2 Å². The molecule has 0 aromatic heterocycles. The SMILES string of the molecule is CCNC1CCCCC(CC2COc3ccccc32)C1. The Balaban J connectivity index is 1.62. The van der Waals surface area contributed by atoms with Gasteiger partial charge < -0.3 is 10.1 Å². The summed E-state index contributed by atoms with van der Waals surface area (Å²) in [4.78, 5) is 0. The van der Waals surface area contributed by atoms with Gasteiger partial charge in [-0.1, -0.05) is 44.4 Å². The summed E-state index contributed by atoms with van der Waals surface area (Å²) < 4.78 is 5.84. The van der Waals surface area contributed by atoms with E-state index in [1.807, 2.05) is 0 Å². The van der Waals surface area contributed by atoms with Crippen molar-refractivity contribution in [2.24, 2.45) is 5.92 Å². The second-order valence-electron chi connectivity index (χ2n) is 6.42. The Labute approximate surface area is 122 Å². The molecule has 1 saturated carbocycles. The van der Waals surface area contributed by atoms with Gasteiger partial charge in [-0.3, -0.25) is 0 Å². The minimum Gasteiger partial charge on any atom is -0.493 e. The maximum Gasteiger partial charge on any atom is 0.122 e. The van der Waals surface area contributed by atoms with E-state index >= 15 is 0 Å². The smallest absolute Gasteiger partial charge is 0.122 e. The molecule has 1 heterocycles. The van der Waals surface area contributed by atoms with Crippen molar-refractivity contribution in [3.63, 3.8) is 0 Å². The fourth-order valence-electron chi connectivity index (χ4n) is 3.98. The molecule has 2 heteroatoms. The van der Waals surface area contributed by atoms with E-state index in [1.54, 1.807) is 0 Å². The van der Waals surface area contributed by atoms with Gasteiger partial charge in [-0.05, 0) is 37.8 Å². The van der Waals surface area contributed by atoms with Crippen molar-refractivity contribution in [3.05, 3.63) is 29.8 Å². The number of hydrogen-bond acceptors (Lipinski definition) is 2. The van der Waals surface area contributed by atoms with Crippen LogP contribution in [-0.2, 0) is 0 Å². The molecule has 1 aromatic carbocycles. The van der Waals surface area contributed by atoms with Crippen LogP contribution in [0.4, 0.5) is 0 Å². The van der Waals surface area contributed by atoms with E-state index in [2.05, 4.69) is 36.5 Å². The zero-order chi connectivity index (χ0) is 13.8. The molecule has 1 fully saturated rings. The monoisotopic (exact) mass is 273 g/mol. The number of rotatable bonds is 4. The fourth-order valence-corrected chi connectivity index (χ4v) is 3.98. The van der Waals surface area contributed by atoms with Crippen molar-refractivity contribution in [3.8, 4) is 5.75 Å². The highest BCUT2D eigenvalue weighted by Gasteiger charge is 2.28. The van der Waals surface area contributed by atoms with Gasteiger partial charge in [-0.25, -0.2) is 0 Å². The number of para-hydroxylation sites is 1. The highest BCUT2D eigenvalue weighted by atomic mass is 16.5. The lowest BCUT2D eigenvalue weighted by Crippen LogP contribution is -2.30. The maximum atomic E-state index is 5.84. The maximum absolute atomic E-state index is 5.84. The van der Waals surface area contributed by atoms with Crippen LogP contribution in [0.5, 0.6) is 5.75 Å². The molecule has 1 N–H and O–H groups in total. The summed E-state index contributed by atoms with van der Waals surface area (Å²) in [5.41, 5.74) is 1.44. The molecular formula is C18H27NO. The summed E-state index contributed by atoms with van der Waals surface area (Å²) in [5, 5.41) is 3.67. The summed E-state index contributed by atoms with van der Waals surface area (Å²) in [5.74, 6) is 2.60. The van der Waals surface area contributed by atoms with Gasteiger partial charge in [0.1, 0.15) is 5.75 Å². The van der Waals surface area contributed by atoms with Gasteiger partial charge in [0.05, 0.1) is 6.61 Å². The van der Waals surface area contributed by atoms with E-state index < -0.39 is 0 Å². The van der Waals surface area contributed by atoms with Gasteiger partial charge in [0.2, 0.25) is 0 Å². The van der Waals surface area contributed by atoms with E-state index in [0.29, 0.717) is 5.92 Å². The fraction of sp³-hybridized carbons (Fsp3) is 0.667. The van der Waals surface area contributed by atoms with Crippen molar-refractivity contribution >= 4 is 0 Å². The largest absolute Gasteiger partial charge is 0.493 e. The minimum absolute atomic E-state index is 0.622. The zero-order valence-corrected chi connectivity index (χ0v) is 12.6. The topological polar surface area (TPSA) is 21.3 Å². The molecule has 2 aliphatic rings. The molecule has 0 radical (unpaired) electrons. The Kier molecular flexibility index (Phi) is 4.62. The first-order valence-electron chi connectivity index (χ1n) is 8.32. The summed E-state index contributed by atoms with van der Waals surface area (Å²) >= 11 is 0. The number of nitrogens with one attached hydrogen (secondary N) is 1.